The molecule has 0 aliphatic heterocycles. The van der Waals surface area contributed by atoms with Crippen molar-refractivity contribution in [1.82, 2.24) is 9.97 Å². The fourth-order valence-corrected chi connectivity index (χ4v) is 3.26. The number of rotatable bonds is 9. The SMILES string of the molecule is CC(C)[C@@H](C)Nc1nc(Nc2ccc(CS(=O)(=O)O)c(N(C)C)c2)ncc1C(N)=O. The van der Waals surface area contributed by atoms with E-state index in [9.17, 15) is 13.2 Å². The molecule has 0 bridgehead atoms. The predicted molar refractivity (Wildman–Crippen MR) is 118 cm³/mol. The highest BCUT2D eigenvalue weighted by molar-refractivity contribution is 7.85. The molecule has 1 aromatic heterocycles. The van der Waals surface area contributed by atoms with E-state index in [-0.39, 0.29) is 17.6 Å². The molecule has 0 spiro atoms. The van der Waals surface area contributed by atoms with Crippen LogP contribution in [0, 0.1) is 5.92 Å². The van der Waals surface area contributed by atoms with Crippen LogP contribution in [0.3, 0.4) is 0 Å². The minimum atomic E-state index is -4.17. The standard InChI is InChI=1S/C19H28N6O4S/c1-11(2)12(3)22-18-15(17(20)26)9-21-19(24-18)23-14-7-6-13(10-30(27,28)29)16(8-14)25(4)5/h6-9,11-12H,10H2,1-5H3,(H2,20,26)(H,27,28,29)(H2,21,22,23,24)/t12-/m1/s1. The summed E-state index contributed by atoms with van der Waals surface area (Å²) < 4.78 is 31.7. The van der Waals surface area contributed by atoms with Gasteiger partial charge < -0.3 is 21.3 Å². The van der Waals surface area contributed by atoms with Gasteiger partial charge in [-0.1, -0.05) is 19.9 Å². The number of carbonyl (C=O) groups excluding carboxylic acids is 1. The van der Waals surface area contributed by atoms with E-state index in [1.165, 1.54) is 6.20 Å². The normalized spacial score (nSPS) is 12.5. The van der Waals surface area contributed by atoms with Gasteiger partial charge in [0, 0.05) is 37.7 Å². The molecule has 5 N–H and O–H groups in total. The summed E-state index contributed by atoms with van der Waals surface area (Å²) in [4.78, 5) is 22.0. The van der Waals surface area contributed by atoms with Crippen molar-refractivity contribution in [3.05, 3.63) is 35.5 Å². The zero-order chi connectivity index (χ0) is 22.6. The Morgan fingerprint density at radius 1 is 1.27 bits per heavy atom. The monoisotopic (exact) mass is 436 g/mol. The maximum Gasteiger partial charge on any atom is 0.269 e. The van der Waals surface area contributed by atoms with Crippen LogP contribution in [0.4, 0.5) is 23.1 Å². The summed E-state index contributed by atoms with van der Waals surface area (Å²) in [5, 5.41) is 6.23. The second-order valence-corrected chi connectivity index (χ2v) is 9.04. The molecule has 1 aromatic carbocycles. The highest BCUT2D eigenvalue weighted by Crippen LogP contribution is 2.27. The number of hydrogen-bond donors (Lipinski definition) is 4. The molecule has 2 rings (SSSR count). The molecular formula is C19H28N6O4S. The number of aromatic nitrogens is 2. The molecule has 30 heavy (non-hydrogen) atoms. The molecule has 0 saturated carbocycles. The van der Waals surface area contributed by atoms with Crippen LogP contribution in [0.25, 0.3) is 0 Å². The van der Waals surface area contributed by atoms with Gasteiger partial charge in [-0.15, -0.1) is 0 Å². The first-order chi connectivity index (χ1) is 13.9. The Kier molecular flexibility index (Phi) is 7.21. The molecule has 11 heteroatoms. The molecule has 2 aromatic rings. The quantitative estimate of drug-likeness (QED) is 0.434. The number of anilines is 4. The van der Waals surface area contributed by atoms with Gasteiger partial charge in [0.15, 0.2) is 0 Å². The van der Waals surface area contributed by atoms with Crippen LogP contribution in [-0.2, 0) is 15.9 Å². The lowest BCUT2D eigenvalue weighted by molar-refractivity contribution is 0.100. The minimum Gasteiger partial charge on any atom is -0.377 e. The van der Waals surface area contributed by atoms with Gasteiger partial charge >= 0.3 is 0 Å². The molecule has 0 aliphatic rings. The first-order valence-corrected chi connectivity index (χ1v) is 10.9. The Labute approximate surface area is 176 Å². The minimum absolute atomic E-state index is 0.0471. The number of benzene rings is 1. The third kappa shape index (κ3) is 6.29. The average molecular weight is 437 g/mol. The van der Waals surface area contributed by atoms with Crippen LogP contribution in [0.15, 0.2) is 24.4 Å². The highest BCUT2D eigenvalue weighted by Gasteiger charge is 2.17. The number of nitrogens with two attached hydrogens (primary N) is 1. The van der Waals surface area contributed by atoms with Crippen LogP contribution < -0.4 is 21.3 Å². The van der Waals surface area contributed by atoms with Crippen LogP contribution in [0.1, 0.15) is 36.7 Å². The summed E-state index contributed by atoms with van der Waals surface area (Å²) in [5.74, 6) is -0.256. The van der Waals surface area contributed by atoms with Crippen LogP contribution in [-0.4, -0.2) is 49.0 Å². The second-order valence-electron chi connectivity index (χ2n) is 7.59. The predicted octanol–water partition coefficient (Wildman–Crippen LogP) is 2.23. The van der Waals surface area contributed by atoms with Gasteiger partial charge in [-0.25, -0.2) is 4.98 Å². The molecule has 0 saturated heterocycles. The summed E-state index contributed by atoms with van der Waals surface area (Å²) in [6.45, 7) is 6.06. The fourth-order valence-electron chi connectivity index (χ4n) is 2.62. The van der Waals surface area contributed by atoms with Crippen molar-refractivity contribution < 1.29 is 17.8 Å². The van der Waals surface area contributed by atoms with Gasteiger partial charge in [-0.3, -0.25) is 9.35 Å². The van der Waals surface area contributed by atoms with Crippen molar-refractivity contribution in [3.63, 3.8) is 0 Å². The number of nitrogens with zero attached hydrogens (tertiary/aromatic N) is 3. The Balaban J connectivity index is 2.37. The van der Waals surface area contributed by atoms with E-state index in [2.05, 4.69) is 20.6 Å². The molecule has 0 fully saturated rings. The zero-order valence-corrected chi connectivity index (χ0v) is 18.5. The van der Waals surface area contributed by atoms with Gasteiger partial charge in [0.05, 0.1) is 5.56 Å². The van der Waals surface area contributed by atoms with Crippen molar-refractivity contribution >= 4 is 39.2 Å². The molecule has 1 amide bonds. The van der Waals surface area contributed by atoms with E-state index in [0.717, 1.165) is 0 Å². The van der Waals surface area contributed by atoms with E-state index >= 15 is 0 Å². The van der Waals surface area contributed by atoms with Crippen molar-refractivity contribution in [3.8, 4) is 0 Å². The van der Waals surface area contributed by atoms with E-state index in [1.54, 1.807) is 37.2 Å². The lowest BCUT2D eigenvalue weighted by Crippen LogP contribution is -2.25. The third-order valence-corrected chi connectivity index (χ3v) is 5.26. The maximum atomic E-state index is 11.7. The number of primary amides is 1. The number of nitrogens with one attached hydrogen (secondary N) is 2. The molecule has 0 radical (unpaired) electrons. The Bertz CT molecular complexity index is 1020. The van der Waals surface area contributed by atoms with Crippen molar-refractivity contribution in [2.24, 2.45) is 11.7 Å². The number of hydrogen-bond acceptors (Lipinski definition) is 8. The average Bonchev–Trinajstić information content (AvgIpc) is 2.61. The molecule has 10 nitrogen and oxygen atoms in total. The lowest BCUT2D eigenvalue weighted by Gasteiger charge is -2.20. The Morgan fingerprint density at radius 3 is 2.47 bits per heavy atom. The van der Waals surface area contributed by atoms with Crippen molar-refractivity contribution in [2.75, 3.05) is 29.6 Å². The molecule has 0 unspecified atom stereocenters. The molecule has 1 heterocycles. The Morgan fingerprint density at radius 2 is 1.93 bits per heavy atom. The summed E-state index contributed by atoms with van der Waals surface area (Å²) in [7, 11) is -0.638. The van der Waals surface area contributed by atoms with E-state index in [0.29, 0.717) is 28.7 Å². The van der Waals surface area contributed by atoms with Gasteiger partial charge in [0.2, 0.25) is 5.95 Å². The Hall–Kier alpha value is -2.92. The molecular weight excluding hydrogens is 408 g/mol. The van der Waals surface area contributed by atoms with Crippen LogP contribution >= 0.6 is 0 Å². The molecule has 164 valence electrons. The van der Waals surface area contributed by atoms with Crippen molar-refractivity contribution in [2.45, 2.75) is 32.6 Å². The van der Waals surface area contributed by atoms with Crippen LogP contribution in [0.2, 0.25) is 0 Å². The van der Waals surface area contributed by atoms with Crippen LogP contribution in [0.5, 0.6) is 0 Å². The summed E-state index contributed by atoms with van der Waals surface area (Å²) >= 11 is 0. The summed E-state index contributed by atoms with van der Waals surface area (Å²) in [5.41, 5.74) is 7.28. The van der Waals surface area contributed by atoms with E-state index in [1.807, 2.05) is 20.8 Å². The number of amides is 1. The van der Waals surface area contributed by atoms with Crippen molar-refractivity contribution in [1.29, 1.82) is 0 Å². The van der Waals surface area contributed by atoms with E-state index in [4.69, 9.17) is 10.3 Å². The van der Waals surface area contributed by atoms with Gasteiger partial charge in [-0.05, 0) is 30.5 Å². The summed E-state index contributed by atoms with van der Waals surface area (Å²) in [6.07, 6.45) is 1.35. The lowest BCUT2D eigenvalue weighted by atomic mass is 10.1. The fraction of sp³-hybridized carbons (Fsp3) is 0.421. The molecule has 1 atom stereocenters. The first-order valence-electron chi connectivity index (χ1n) is 9.33. The largest absolute Gasteiger partial charge is 0.377 e. The topological polar surface area (TPSA) is 151 Å². The number of carbonyl (C=O) groups is 1. The first kappa shape index (κ1) is 23.4. The smallest absolute Gasteiger partial charge is 0.269 e. The van der Waals surface area contributed by atoms with Gasteiger partial charge in [0.25, 0.3) is 16.0 Å². The van der Waals surface area contributed by atoms with Gasteiger partial charge in [-0.2, -0.15) is 13.4 Å². The maximum absolute atomic E-state index is 11.7. The van der Waals surface area contributed by atoms with E-state index < -0.39 is 21.8 Å². The summed E-state index contributed by atoms with van der Waals surface area (Å²) in [6, 6.07) is 5.02. The van der Waals surface area contributed by atoms with Gasteiger partial charge in [0.1, 0.15) is 11.6 Å². The second kappa shape index (κ2) is 9.26. The zero-order valence-electron chi connectivity index (χ0n) is 17.7. The highest BCUT2D eigenvalue weighted by atomic mass is 32.2. The molecule has 0 aliphatic carbocycles. The third-order valence-electron chi connectivity index (χ3n) is 4.58.